The van der Waals surface area contributed by atoms with E-state index in [1.165, 1.54) is 10.9 Å². The van der Waals surface area contributed by atoms with Gasteiger partial charge in [-0.05, 0) is 37.1 Å². The third kappa shape index (κ3) is 4.50. The average Bonchev–Trinajstić information content (AvgIpc) is 3.09. The summed E-state index contributed by atoms with van der Waals surface area (Å²) < 4.78 is 7.15. The summed E-state index contributed by atoms with van der Waals surface area (Å²) in [6.45, 7) is 2.41. The number of anilines is 1. The van der Waals surface area contributed by atoms with Crippen molar-refractivity contribution in [2.75, 3.05) is 11.9 Å². The normalized spacial score (nSPS) is 10.2. The minimum absolute atomic E-state index is 0.211. The van der Waals surface area contributed by atoms with Gasteiger partial charge in [-0.25, -0.2) is 4.98 Å². The molecular formula is C20H19N5O2. The molecule has 0 saturated heterocycles. The Morgan fingerprint density at radius 3 is 2.81 bits per heavy atom. The highest BCUT2D eigenvalue weighted by Crippen LogP contribution is 2.19. The predicted octanol–water partition coefficient (Wildman–Crippen LogP) is 3.25. The lowest BCUT2D eigenvalue weighted by atomic mass is 10.2. The Kier molecular flexibility index (Phi) is 5.80. The monoisotopic (exact) mass is 361 g/mol. The average molecular weight is 361 g/mol. The first-order valence-corrected chi connectivity index (χ1v) is 8.57. The highest BCUT2D eigenvalue weighted by atomic mass is 16.5. The van der Waals surface area contributed by atoms with Gasteiger partial charge in [0.25, 0.3) is 0 Å². The molecule has 0 radical (unpaired) electrons. The molecule has 2 heterocycles. The minimum Gasteiger partial charge on any atom is -0.493 e. The van der Waals surface area contributed by atoms with Crippen molar-refractivity contribution in [3.8, 4) is 17.6 Å². The van der Waals surface area contributed by atoms with Crippen molar-refractivity contribution in [1.82, 2.24) is 14.8 Å². The molecule has 136 valence electrons. The number of rotatable bonds is 7. The van der Waals surface area contributed by atoms with E-state index < -0.39 is 0 Å². The molecule has 1 aromatic carbocycles. The van der Waals surface area contributed by atoms with Crippen LogP contribution in [0.3, 0.4) is 0 Å². The zero-order valence-electron chi connectivity index (χ0n) is 14.9. The molecule has 0 aliphatic heterocycles. The van der Waals surface area contributed by atoms with Crippen LogP contribution in [0.15, 0.2) is 54.9 Å². The number of nitrogens with zero attached hydrogens (tertiary/aromatic N) is 4. The maximum atomic E-state index is 12.3. The zero-order chi connectivity index (χ0) is 19.1. The Morgan fingerprint density at radius 2 is 2.07 bits per heavy atom. The summed E-state index contributed by atoms with van der Waals surface area (Å²) >= 11 is 0. The number of benzene rings is 1. The van der Waals surface area contributed by atoms with Crippen molar-refractivity contribution >= 4 is 11.7 Å². The van der Waals surface area contributed by atoms with Gasteiger partial charge in [0.05, 0.1) is 12.8 Å². The van der Waals surface area contributed by atoms with Gasteiger partial charge in [-0.3, -0.25) is 4.79 Å². The molecule has 0 aliphatic rings. The number of hydrogen-bond acceptors (Lipinski definition) is 5. The lowest BCUT2D eigenvalue weighted by Gasteiger charge is -2.10. The topological polar surface area (TPSA) is 92.8 Å². The second kappa shape index (κ2) is 8.63. The number of amides is 1. The van der Waals surface area contributed by atoms with Crippen LogP contribution in [-0.2, 0) is 4.79 Å². The maximum Gasteiger partial charge on any atom is 0.225 e. The third-order valence-corrected chi connectivity index (χ3v) is 3.91. The Hall–Kier alpha value is -3.66. The smallest absolute Gasteiger partial charge is 0.225 e. The maximum absolute atomic E-state index is 12.3. The van der Waals surface area contributed by atoms with Gasteiger partial charge < -0.3 is 10.1 Å². The molecule has 1 amide bonds. The van der Waals surface area contributed by atoms with Crippen molar-refractivity contribution in [1.29, 1.82) is 5.26 Å². The number of nitriles is 1. The predicted molar refractivity (Wildman–Crippen MR) is 101 cm³/mol. The molecule has 3 rings (SSSR count). The number of ether oxygens (including phenoxy) is 1. The van der Waals surface area contributed by atoms with E-state index in [0.717, 1.165) is 11.3 Å². The van der Waals surface area contributed by atoms with Crippen LogP contribution in [0.4, 0.5) is 5.82 Å². The molecule has 7 heteroatoms. The van der Waals surface area contributed by atoms with E-state index in [2.05, 4.69) is 15.4 Å². The van der Waals surface area contributed by atoms with Gasteiger partial charge in [-0.1, -0.05) is 24.3 Å². The summed E-state index contributed by atoms with van der Waals surface area (Å²) in [5.74, 6) is 1.45. The van der Waals surface area contributed by atoms with Gasteiger partial charge >= 0.3 is 0 Å². The lowest BCUT2D eigenvalue weighted by Crippen LogP contribution is -2.17. The first kappa shape index (κ1) is 18.1. The van der Waals surface area contributed by atoms with Crippen molar-refractivity contribution in [3.05, 3.63) is 66.0 Å². The summed E-state index contributed by atoms with van der Waals surface area (Å²) in [5.41, 5.74) is 1.34. The third-order valence-electron chi connectivity index (χ3n) is 3.91. The Balaban J connectivity index is 1.59. The summed E-state index contributed by atoms with van der Waals surface area (Å²) in [7, 11) is 0. The molecule has 0 unspecified atom stereocenters. The van der Waals surface area contributed by atoms with Crippen LogP contribution in [0, 0.1) is 18.3 Å². The summed E-state index contributed by atoms with van der Waals surface area (Å²) in [5, 5.41) is 16.2. The van der Waals surface area contributed by atoms with E-state index in [9.17, 15) is 10.1 Å². The molecule has 27 heavy (non-hydrogen) atoms. The van der Waals surface area contributed by atoms with Crippen molar-refractivity contribution in [2.45, 2.75) is 19.8 Å². The van der Waals surface area contributed by atoms with Crippen molar-refractivity contribution in [3.63, 3.8) is 0 Å². The van der Waals surface area contributed by atoms with E-state index >= 15 is 0 Å². The van der Waals surface area contributed by atoms with Gasteiger partial charge in [-0.2, -0.15) is 15.0 Å². The fourth-order valence-corrected chi connectivity index (χ4v) is 2.53. The largest absolute Gasteiger partial charge is 0.493 e. The number of carbonyl (C=O) groups is 1. The van der Waals surface area contributed by atoms with Crippen LogP contribution in [0.5, 0.6) is 5.75 Å². The number of aryl methyl sites for hydroxylation is 1. The van der Waals surface area contributed by atoms with E-state index in [1.54, 1.807) is 18.3 Å². The molecule has 0 bridgehead atoms. The van der Waals surface area contributed by atoms with Gasteiger partial charge in [0, 0.05) is 12.6 Å². The number of carbonyl (C=O) groups excluding carboxylic acids is 1. The quantitative estimate of drug-likeness (QED) is 0.652. The summed E-state index contributed by atoms with van der Waals surface area (Å²) in [6, 6.07) is 15.1. The first-order valence-electron chi connectivity index (χ1n) is 8.57. The molecule has 0 atom stereocenters. The second-order valence-corrected chi connectivity index (χ2v) is 5.88. The van der Waals surface area contributed by atoms with E-state index in [0.29, 0.717) is 24.7 Å². The fourth-order valence-electron chi connectivity index (χ4n) is 2.53. The number of hydrogen-bond donors (Lipinski definition) is 1. The molecule has 0 aliphatic carbocycles. The zero-order valence-corrected chi connectivity index (χ0v) is 14.9. The van der Waals surface area contributed by atoms with Crippen LogP contribution in [0.2, 0.25) is 0 Å². The van der Waals surface area contributed by atoms with E-state index in [-0.39, 0.29) is 17.9 Å². The second-order valence-electron chi connectivity index (χ2n) is 5.88. The number of para-hydroxylation sites is 1. The van der Waals surface area contributed by atoms with Crippen LogP contribution in [0.25, 0.3) is 5.82 Å². The van der Waals surface area contributed by atoms with Gasteiger partial charge in [0.2, 0.25) is 5.91 Å². The molecular weight excluding hydrogens is 342 g/mol. The molecule has 0 saturated carbocycles. The standard InChI is InChI=1S/C20H19N5O2/c1-15-7-2-3-8-17(15)27-12-6-10-19(26)24-20-16(13-21)14-23-25(20)18-9-4-5-11-22-18/h2-5,7-9,11,14H,6,10,12H2,1H3,(H,24,26). The number of aromatic nitrogens is 3. The Morgan fingerprint density at radius 1 is 1.26 bits per heavy atom. The molecule has 0 fully saturated rings. The van der Waals surface area contributed by atoms with Crippen molar-refractivity contribution < 1.29 is 9.53 Å². The van der Waals surface area contributed by atoms with Gasteiger partial charge in [0.15, 0.2) is 11.6 Å². The van der Waals surface area contributed by atoms with Crippen LogP contribution in [-0.4, -0.2) is 27.3 Å². The van der Waals surface area contributed by atoms with Crippen LogP contribution in [0.1, 0.15) is 24.0 Å². The number of pyridine rings is 1. The van der Waals surface area contributed by atoms with Gasteiger partial charge in [-0.15, -0.1) is 0 Å². The Labute approximate surface area is 157 Å². The van der Waals surface area contributed by atoms with Crippen molar-refractivity contribution in [2.24, 2.45) is 0 Å². The van der Waals surface area contributed by atoms with Crippen LogP contribution >= 0.6 is 0 Å². The Bertz CT molecular complexity index is 960. The highest BCUT2D eigenvalue weighted by molar-refractivity contribution is 5.91. The lowest BCUT2D eigenvalue weighted by molar-refractivity contribution is -0.116. The summed E-state index contributed by atoms with van der Waals surface area (Å²) in [4.78, 5) is 16.5. The van der Waals surface area contributed by atoms with E-state index in [4.69, 9.17) is 4.74 Å². The molecule has 7 nitrogen and oxygen atoms in total. The summed E-state index contributed by atoms with van der Waals surface area (Å²) in [6.07, 6.45) is 3.85. The molecule has 0 spiro atoms. The first-order chi connectivity index (χ1) is 13.2. The minimum atomic E-state index is -0.211. The van der Waals surface area contributed by atoms with Crippen LogP contribution < -0.4 is 10.1 Å². The molecule has 3 aromatic rings. The molecule has 1 N–H and O–H groups in total. The number of nitrogens with one attached hydrogen (secondary N) is 1. The highest BCUT2D eigenvalue weighted by Gasteiger charge is 2.15. The van der Waals surface area contributed by atoms with E-state index in [1.807, 2.05) is 43.3 Å². The fraction of sp³-hybridized carbons (Fsp3) is 0.200. The SMILES string of the molecule is Cc1ccccc1OCCCC(=O)Nc1c(C#N)cnn1-c1ccccn1. The molecule has 2 aromatic heterocycles. The van der Waals surface area contributed by atoms with Gasteiger partial charge in [0.1, 0.15) is 17.4 Å².